The highest BCUT2D eigenvalue weighted by Gasteiger charge is 2.35. The highest BCUT2D eigenvalue weighted by Crippen LogP contribution is 2.28. The van der Waals surface area contributed by atoms with Gasteiger partial charge in [0.2, 0.25) is 10.0 Å². The fraction of sp³-hybridized carbons (Fsp3) is 0.333. The average Bonchev–Trinajstić information content (AvgIpc) is 2.64. The zero-order valence-electron chi connectivity index (χ0n) is 14.6. The SMILES string of the molecule is Cc1cc(S(=O)(=O)N2CCC(S(=O)(=O)c3ccc(F)cc3)CC2)ccc1F. The molecule has 1 saturated heterocycles. The lowest BCUT2D eigenvalue weighted by Gasteiger charge is -2.31. The third kappa shape index (κ3) is 3.90. The van der Waals surface area contributed by atoms with E-state index in [-0.39, 0.29) is 41.3 Å². The number of nitrogens with zero attached hydrogens (tertiary/aromatic N) is 1. The van der Waals surface area contributed by atoms with Crippen LogP contribution in [-0.2, 0) is 19.9 Å². The van der Waals surface area contributed by atoms with Crippen LogP contribution in [0.15, 0.2) is 52.3 Å². The molecule has 0 bridgehead atoms. The van der Waals surface area contributed by atoms with E-state index in [1.807, 2.05) is 0 Å². The van der Waals surface area contributed by atoms with Crippen LogP contribution in [0.4, 0.5) is 8.78 Å². The number of hydrogen-bond acceptors (Lipinski definition) is 4. The van der Waals surface area contributed by atoms with Gasteiger partial charge in [-0.05, 0) is 67.8 Å². The van der Waals surface area contributed by atoms with Gasteiger partial charge >= 0.3 is 0 Å². The van der Waals surface area contributed by atoms with Crippen molar-refractivity contribution in [1.29, 1.82) is 0 Å². The average molecular weight is 415 g/mol. The molecule has 3 rings (SSSR count). The molecular formula is C18H19F2NO4S2. The quantitative estimate of drug-likeness (QED) is 0.720. The summed E-state index contributed by atoms with van der Waals surface area (Å²) in [6, 6.07) is 8.19. The molecule has 1 aliphatic rings. The Labute approximate surface area is 157 Å². The summed E-state index contributed by atoms with van der Waals surface area (Å²) in [7, 11) is -7.48. The predicted molar refractivity (Wildman–Crippen MR) is 96.5 cm³/mol. The van der Waals surface area contributed by atoms with E-state index in [0.29, 0.717) is 0 Å². The number of rotatable bonds is 4. The van der Waals surface area contributed by atoms with Crippen LogP contribution in [0.3, 0.4) is 0 Å². The summed E-state index contributed by atoms with van der Waals surface area (Å²) in [6.07, 6.45) is 0.276. The molecule has 2 aromatic carbocycles. The van der Waals surface area contributed by atoms with Gasteiger partial charge in [0.15, 0.2) is 9.84 Å². The number of hydrogen-bond donors (Lipinski definition) is 0. The highest BCUT2D eigenvalue weighted by molar-refractivity contribution is 7.92. The fourth-order valence-electron chi connectivity index (χ4n) is 3.13. The van der Waals surface area contributed by atoms with E-state index in [9.17, 15) is 25.6 Å². The summed E-state index contributed by atoms with van der Waals surface area (Å²) in [5, 5.41) is -0.732. The standard InChI is InChI=1S/C18H19F2NO4S2/c1-13-12-17(6-7-18(13)20)27(24,25)21-10-8-16(9-11-21)26(22,23)15-4-2-14(19)3-5-15/h2-7,12,16H,8-11H2,1H3. The number of halogens is 2. The topological polar surface area (TPSA) is 71.5 Å². The maximum Gasteiger partial charge on any atom is 0.243 e. The molecule has 0 N–H and O–H groups in total. The van der Waals surface area contributed by atoms with Crippen molar-refractivity contribution in [3.05, 3.63) is 59.7 Å². The Morgan fingerprint density at radius 1 is 0.889 bits per heavy atom. The smallest absolute Gasteiger partial charge is 0.223 e. The predicted octanol–water partition coefficient (Wildman–Crippen LogP) is 2.90. The molecule has 0 amide bonds. The molecular weight excluding hydrogens is 396 g/mol. The fourth-order valence-corrected chi connectivity index (χ4v) is 6.41. The zero-order chi connectivity index (χ0) is 19.8. The number of sulfonamides is 1. The second-order valence-electron chi connectivity index (χ2n) is 6.51. The molecule has 0 aliphatic carbocycles. The zero-order valence-corrected chi connectivity index (χ0v) is 16.2. The van der Waals surface area contributed by atoms with Crippen LogP contribution >= 0.6 is 0 Å². The van der Waals surface area contributed by atoms with Gasteiger partial charge < -0.3 is 0 Å². The third-order valence-corrected chi connectivity index (χ3v) is 8.92. The van der Waals surface area contributed by atoms with Gasteiger partial charge in [-0.3, -0.25) is 0 Å². The highest BCUT2D eigenvalue weighted by atomic mass is 32.2. The van der Waals surface area contributed by atoms with Crippen LogP contribution in [0.1, 0.15) is 18.4 Å². The van der Waals surface area contributed by atoms with Crippen molar-refractivity contribution < 1.29 is 25.6 Å². The number of benzene rings is 2. The molecule has 0 radical (unpaired) electrons. The minimum absolute atomic E-state index is 0.0127. The van der Waals surface area contributed by atoms with Gasteiger partial charge in [0, 0.05) is 13.1 Å². The summed E-state index contributed by atoms with van der Waals surface area (Å²) in [5.74, 6) is -1.01. The molecule has 0 saturated carbocycles. The molecule has 146 valence electrons. The molecule has 0 unspecified atom stereocenters. The minimum atomic E-state index is -3.82. The molecule has 0 spiro atoms. The number of aryl methyl sites for hydroxylation is 1. The van der Waals surface area contributed by atoms with Crippen LogP contribution in [0, 0.1) is 18.6 Å². The van der Waals surface area contributed by atoms with Crippen LogP contribution < -0.4 is 0 Å². The van der Waals surface area contributed by atoms with Crippen molar-refractivity contribution >= 4 is 19.9 Å². The Morgan fingerprint density at radius 3 is 2.00 bits per heavy atom. The van der Waals surface area contributed by atoms with Crippen molar-refractivity contribution in [2.45, 2.75) is 34.8 Å². The van der Waals surface area contributed by atoms with Gasteiger partial charge in [0.05, 0.1) is 15.0 Å². The summed E-state index contributed by atoms with van der Waals surface area (Å²) in [4.78, 5) is 0.0145. The van der Waals surface area contributed by atoms with Crippen molar-refractivity contribution in [1.82, 2.24) is 4.31 Å². The summed E-state index contributed by atoms with van der Waals surface area (Å²) < 4.78 is 78.4. The van der Waals surface area contributed by atoms with Gasteiger partial charge in [-0.15, -0.1) is 0 Å². The number of sulfone groups is 1. The van der Waals surface area contributed by atoms with E-state index in [1.165, 1.54) is 35.5 Å². The summed E-state index contributed by atoms with van der Waals surface area (Å²) >= 11 is 0. The van der Waals surface area contributed by atoms with Gasteiger partial charge in [0.25, 0.3) is 0 Å². The maximum absolute atomic E-state index is 13.4. The van der Waals surface area contributed by atoms with Crippen LogP contribution in [-0.4, -0.2) is 39.5 Å². The summed E-state index contributed by atoms with van der Waals surface area (Å²) in [5.41, 5.74) is 0.227. The molecule has 1 heterocycles. The molecule has 5 nitrogen and oxygen atoms in total. The first-order valence-corrected chi connectivity index (χ1v) is 11.4. The van der Waals surface area contributed by atoms with Crippen LogP contribution in [0.5, 0.6) is 0 Å². The first kappa shape index (κ1) is 19.9. The van der Waals surface area contributed by atoms with E-state index in [0.717, 1.165) is 18.2 Å². The Bertz CT molecular complexity index is 1040. The lowest BCUT2D eigenvalue weighted by atomic mass is 10.2. The van der Waals surface area contributed by atoms with Crippen molar-refractivity contribution in [3.63, 3.8) is 0 Å². The molecule has 9 heteroatoms. The monoisotopic (exact) mass is 415 g/mol. The molecule has 1 fully saturated rings. The van der Waals surface area contributed by atoms with E-state index >= 15 is 0 Å². The first-order valence-electron chi connectivity index (χ1n) is 8.38. The Kier molecular flexibility index (Phi) is 5.38. The molecule has 0 atom stereocenters. The Morgan fingerprint density at radius 2 is 1.44 bits per heavy atom. The molecule has 27 heavy (non-hydrogen) atoms. The van der Waals surface area contributed by atoms with Gasteiger partial charge in [0.1, 0.15) is 11.6 Å². The first-order chi connectivity index (χ1) is 12.6. The third-order valence-electron chi connectivity index (χ3n) is 4.75. The second kappa shape index (κ2) is 7.29. The Balaban J connectivity index is 1.76. The van der Waals surface area contributed by atoms with E-state index in [2.05, 4.69) is 0 Å². The van der Waals surface area contributed by atoms with Crippen molar-refractivity contribution in [3.8, 4) is 0 Å². The normalized spacial score (nSPS) is 17.1. The second-order valence-corrected chi connectivity index (χ2v) is 10.7. The van der Waals surface area contributed by atoms with E-state index in [1.54, 1.807) is 0 Å². The lowest BCUT2D eigenvalue weighted by molar-refractivity contribution is 0.345. The van der Waals surface area contributed by atoms with E-state index < -0.39 is 36.7 Å². The number of piperidine rings is 1. The van der Waals surface area contributed by atoms with Crippen LogP contribution in [0.25, 0.3) is 0 Å². The molecule has 2 aromatic rings. The van der Waals surface area contributed by atoms with Gasteiger partial charge in [-0.25, -0.2) is 25.6 Å². The van der Waals surface area contributed by atoms with Crippen molar-refractivity contribution in [2.24, 2.45) is 0 Å². The maximum atomic E-state index is 13.4. The molecule has 1 aliphatic heterocycles. The van der Waals surface area contributed by atoms with Gasteiger partial charge in [-0.1, -0.05) is 0 Å². The lowest BCUT2D eigenvalue weighted by Crippen LogP contribution is -2.42. The molecule has 0 aromatic heterocycles. The van der Waals surface area contributed by atoms with Crippen molar-refractivity contribution in [2.75, 3.05) is 13.1 Å². The minimum Gasteiger partial charge on any atom is -0.223 e. The van der Waals surface area contributed by atoms with E-state index in [4.69, 9.17) is 0 Å². The largest absolute Gasteiger partial charge is 0.243 e. The van der Waals surface area contributed by atoms with Gasteiger partial charge in [-0.2, -0.15) is 4.31 Å². The Hall–Kier alpha value is -1.84. The van der Waals surface area contributed by atoms with Crippen LogP contribution in [0.2, 0.25) is 0 Å². The summed E-state index contributed by atoms with van der Waals surface area (Å²) in [6.45, 7) is 1.57.